The monoisotopic (exact) mass is 617 g/mol. The van der Waals surface area contributed by atoms with Crippen molar-refractivity contribution < 1.29 is 41.0 Å². The van der Waals surface area contributed by atoms with E-state index in [-0.39, 0.29) is 28.0 Å². The highest BCUT2D eigenvalue weighted by atomic mass is 35.5. The molecule has 0 radical (unpaired) electrons. The number of halogens is 7. The molecule has 3 amide bonds. The second-order valence-corrected chi connectivity index (χ2v) is 9.67. The minimum atomic E-state index is -5.10. The van der Waals surface area contributed by atoms with Crippen molar-refractivity contribution in [1.29, 1.82) is 5.41 Å². The van der Waals surface area contributed by atoms with E-state index in [1.807, 2.05) is 0 Å². The van der Waals surface area contributed by atoms with Crippen LogP contribution in [0.25, 0.3) is 5.69 Å². The number of nitrogens with one attached hydrogen (secondary N) is 3. The summed E-state index contributed by atoms with van der Waals surface area (Å²) in [5, 5.41) is 26.8. The average Bonchev–Trinajstić information content (AvgIpc) is 3.61. The summed E-state index contributed by atoms with van der Waals surface area (Å²) in [6.07, 6.45) is -10.7. The van der Waals surface area contributed by atoms with Gasteiger partial charge in [-0.2, -0.15) is 26.3 Å². The van der Waals surface area contributed by atoms with Crippen LogP contribution in [0.4, 0.5) is 31.1 Å². The fourth-order valence-electron chi connectivity index (χ4n) is 3.75. The number of carbonyl (C=O) groups excluding carboxylic acids is 2. The van der Waals surface area contributed by atoms with Gasteiger partial charge in [0.15, 0.2) is 11.9 Å². The lowest BCUT2D eigenvalue weighted by molar-refractivity contribution is -0.204. The minimum Gasteiger partial charge on any atom is -0.382 e. The molecule has 0 spiro atoms. The molecule has 2 aromatic carbocycles. The Morgan fingerprint density at radius 1 is 1.12 bits per heavy atom. The number of hydrogen-bond donors (Lipinski definition) is 4. The molecule has 4 rings (SSSR count). The number of nitrogens with zero attached hydrogens (tertiary/aromatic N) is 4. The van der Waals surface area contributed by atoms with E-state index in [0.29, 0.717) is 22.4 Å². The zero-order chi connectivity index (χ0) is 30.8. The average molecular weight is 618 g/mol. The molecule has 3 aromatic rings. The topological polar surface area (TPSA) is 136 Å². The molecule has 0 saturated heterocycles. The van der Waals surface area contributed by atoms with E-state index in [0.717, 1.165) is 18.5 Å². The van der Waals surface area contributed by atoms with Gasteiger partial charge in [0, 0.05) is 16.6 Å². The van der Waals surface area contributed by atoms with Crippen LogP contribution in [0.1, 0.15) is 40.2 Å². The van der Waals surface area contributed by atoms with Gasteiger partial charge in [0.25, 0.3) is 5.91 Å². The van der Waals surface area contributed by atoms with Crippen molar-refractivity contribution >= 4 is 29.4 Å². The number of benzene rings is 2. The van der Waals surface area contributed by atoms with Crippen LogP contribution in [0.2, 0.25) is 5.02 Å². The Morgan fingerprint density at radius 3 is 2.38 bits per heavy atom. The van der Waals surface area contributed by atoms with E-state index < -0.39 is 60.6 Å². The van der Waals surface area contributed by atoms with Crippen molar-refractivity contribution in [2.45, 2.75) is 43.9 Å². The zero-order valence-electron chi connectivity index (χ0n) is 21.3. The first kappa shape index (κ1) is 30.8. The Kier molecular flexibility index (Phi) is 8.77. The van der Waals surface area contributed by atoms with Crippen molar-refractivity contribution in [2.24, 2.45) is 0 Å². The molecule has 42 heavy (non-hydrogen) atoms. The number of hydrogen-bond acceptors (Lipinski definition) is 6. The van der Waals surface area contributed by atoms with Gasteiger partial charge in [0.05, 0.1) is 29.9 Å². The number of alkyl halides is 6. The van der Waals surface area contributed by atoms with Crippen molar-refractivity contribution in [3.8, 4) is 5.69 Å². The zero-order valence-corrected chi connectivity index (χ0v) is 22.1. The van der Waals surface area contributed by atoms with Crippen LogP contribution >= 0.6 is 11.6 Å². The second kappa shape index (κ2) is 12.0. The molecule has 1 aliphatic carbocycles. The number of carbonyl (C=O) groups is 2. The van der Waals surface area contributed by atoms with Gasteiger partial charge in [-0.3, -0.25) is 15.1 Å². The normalized spacial score (nSPS) is 14.3. The highest BCUT2D eigenvalue weighted by Crippen LogP contribution is 2.35. The third-order valence-electron chi connectivity index (χ3n) is 6.03. The van der Waals surface area contributed by atoms with Gasteiger partial charge in [0.1, 0.15) is 12.2 Å². The Hall–Kier alpha value is -4.18. The fraction of sp³-hybridized carbons (Fsp3) is 0.320. The molecule has 0 bridgehead atoms. The fourth-order valence-corrected chi connectivity index (χ4v) is 3.87. The number of urea groups is 1. The molecule has 1 aromatic heterocycles. The molecule has 1 atom stereocenters. The molecule has 224 valence electrons. The van der Waals surface area contributed by atoms with Crippen LogP contribution in [0.3, 0.4) is 0 Å². The standard InChI is InChI=1S/C25H22ClF6N7O3/c26-14-6-4-13(5-7-14)21(33)38(11-18(40)25(30,31)32)23(42)34-10-19-35-12-39(37-19)20-16(22(41)36-15-8-9-15)2-1-3-17(20)24(27,28)29/h1-7,12,15,18,33,40H,8-11H2,(H,34,42)(H,36,41)/t18-/m0/s1. The van der Waals surface area contributed by atoms with Crippen LogP contribution in [0, 0.1) is 5.41 Å². The maximum absolute atomic E-state index is 13.8. The minimum absolute atomic E-state index is 0.00656. The van der Waals surface area contributed by atoms with Crippen LogP contribution in [0.5, 0.6) is 0 Å². The van der Waals surface area contributed by atoms with E-state index in [4.69, 9.17) is 17.0 Å². The molecule has 1 saturated carbocycles. The summed E-state index contributed by atoms with van der Waals surface area (Å²) in [6.45, 7) is -1.92. The number of amides is 3. The van der Waals surface area contributed by atoms with Crippen LogP contribution in [-0.4, -0.2) is 67.4 Å². The summed E-state index contributed by atoms with van der Waals surface area (Å²) in [7, 11) is 0. The SMILES string of the molecule is N=C(c1ccc(Cl)cc1)N(C[C@H](O)C(F)(F)F)C(=O)NCc1ncn(-c2c(C(=O)NC3CC3)cccc2C(F)(F)F)n1. The molecule has 4 N–H and O–H groups in total. The lowest BCUT2D eigenvalue weighted by Gasteiger charge is -2.27. The second-order valence-electron chi connectivity index (χ2n) is 9.23. The van der Waals surface area contributed by atoms with Gasteiger partial charge in [0.2, 0.25) is 0 Å². The Morgan fingerprint density at radius 2 is 1.79 bits per heavy atom. The van der Waals surface area contributed by atoms with Gasteiger partial charge in [-0.25, -0.2) is 14.5 Å². The number of rotatable bonds is 8. The van der Waals surface area contributed by atoms with Gasteiger partial charge >= 0.3 is 18.4 Å². The third-order valence-corrected chi connectivity index (χ3v) is 6.28. The van der Waals surface area contributed by atoms with Gasteiger partial charge in [-0.05, 0) is 49.2 Å². The van der Waals surface area contributed by atoms with Gasteiger partial charge in [-0.1, -0.05) is 17.7 Å². The first-order chi connectivity index (χ1) is 19.6. The van der Waals surface area contributed by atoms with Crippen LogP contribution in [-0.2, 0) is 12.7 Å². The van der Waals surface area contributed by atoms with Crippen molar-refractivity contribution in [2.75, 3.05) is 6.54 Å². The molecule has 17 heteroatoms. The summed E-state index contributed by atoms with van der Waals surface area (Å²) in [4.78, 5) is 29.8. The highest BCUT2D eigenvalue weighted by Gasteiger charge is 2.41. The largest absolute Gasteiger partial charge is 0.418 e. The molecule has 1 aliphatic rings. The smallest absolute Gasteiger partial charge is 0.382 e. The number of aromatic nitrogens is 3. The summed E-state index contributed by atoms with van der Waals surface area (Å²) < 4.78 is 81.4. The lowest BCUT2D eigenvalue weighted by Crippen LogP contribution is -2.50. The number of amidine groups is 1. The maximum atomic E-state index is 13.8. The molecule has 0 aliphatic heterocycles. The van der Waals surface area contributed by atoms with E-state index in [9.17, 15) is 41.0 Å². The third kappa shape index (κ3) is 7.36. The molecule has 1 heterocycles. The summed E-state index contributed by atoms with van der Waals surface area (Å²) >= 11 is 5.80. The molecule has 0 unspecified atom stereocenters. The van der Waals surface area contributed by atoms with Crippen LogP contribution < -0.4 is 10.6 Å². The number of aliphatic hydroxyl groups is 1. The maximum Gasteiger partial charge on any atom is 0.418 e. The van der Waals surface area contributed by atoms with E-state index in [1.54, 1.807) is 0 Å². The van der Waals surface area contributed by atoms with E-state index >= 15 is 0 Å². The number of para-hydroxylation sites is 1. The van der Waals surface area contributed by atoms with Gasteiger partial charge < -0.3 is 15.7 Å². The summed E-state index contributed by atoms with van der Waals surface area (Å²) in [5.74, 6) is -1.71. The Labute approximate surface area is 238 Å². The highest BCUT2D eigenvalue weighted by molar-refractivity contribution is 6.30. The van der Waals surface area contributed by atoms with E-state index in [1.165, 1.54) is 30.3 Å². The molecule has 10 nitrogen and oxygen atoms in total. The Balaban J connectivity index is 1.57. The predicted molar refractivity (Wildman–Crippen MR) is 136 cm³/mol. The molecule has 1 fully saturated rings. The first-order valence-corrected chi connectivity index (χ1v) is 12.6. The van der Waals surface area contributed by atoms with Crippen molar-refractivity contribution in [1.82, 2.24) is 30.3 Å². The Bertz CT molecular complexity index is 1470. The summed E-state index contributed by atoms with van der Waals surface area (Å²) in [5.41, 5.74) is -2.09. The van der Waals surface area contributed by atoms with Crippen molar-refractivity contribution in [3.05, 3.63) is 76.3 Å². The molecular formula is C25H22ClF6N7O3. The summed E-state index contributed by atoms with van der Waals surface area (Å²) in [6, 6.07) is 6.88. The molecular weight excluding hydrogens is 596 g/mol. The number of aliphatic hydroxyl groups excluding tert-OH is 1. The lowest BCUT2D eigenvalue weighted by atomic mass is 10.1. The van der Waals surface area contributed by atoms with Crippen molar-refractivity contribution in [3.63, 3.8) is 0 Å². The van der Waals surface area contributed by atoms with E-state index in [2.05, 4.69) is 20.7 Å². The first-order valence-electron chi connectivity index (χ1n) is 12.2. The van der Waals surface area contributed by atoms with Gasteiger partial charge in [-0.15, -0.1) is 5.10 Å². The van der Waals surface area contributed by atoms with Crippen LogP contribution in [0.15, 0.2) is 48.8 Å². The quantitative estimate of drug-likeness (QED) is 0.170. The predicted octanol–water partition coefficient (Wildman–Crippen LogP) is 4.29.